The maximum atomic E-state index is 12.1. The Balaban J connectivity index is 2.37. The van der Waals surface area contributed by atoms with E-state index in [0.29, 0.717) is 0 Å². The maximum absolute atomic E-state index is 12.1. The van der Waals surface area contributed by atoms with Crippen LogP contribution in [0.4, 0.5) is 0 Å². The van der Waals surface area contributed by atoms with Gasteiger partial charge in [-0.1, -0.05) is 35.4 Å². The lowest BCUT2D eigenvalue weighted by molar-refractivity contribution is 0.362. The summed E-state index contributed by atoms with van der Waals surface area (Å²) >= 11 is 0. The van der Waals surface area contributed by atoms with Crippen LogP contribution in [0.15, 0.2) is 40.0 Å². The largest absolute Gasteiger partial charge is 0.411 e. The first-order chi connectivity index (χ1) is 11.7. The van der Waals surface area contributed by atoms with Crippen LogP contribution in [0.25, 0.3) is 0 Å². The fraction of sp³-hybridized carbons (Fsp3) is 0.467. The maximum Gasteiger partial charge on any atom is 0.335 e. The molecule has 2 rings (SSSR count). The highest BCUT2D eigenvalue weighted by Crippen LogP contribution is 2.22. The average Bonchev–Trinajstić information content (AvgIpc) is 3.05. The van der Waals surface area contributed by atoms with Gasteiger partial charge in [0.25, 0.3) is 0 Å². The Labute approximate surface area is 147 Å². The van der Waals surface area contributed by atoms with Gasteiger partial charge in [-0.3, -0.25) is 0 Å². The molecular weight excluding hydrogens is 366 g/mol. The van der Waals surface area contributed by atoms with Crippen LogP contribution in [0.1, 0.15) is 38.3 Å². The Morgan fingerprint density at radius 2 is 1.72 bits per heavy atom. The zero-order chi connectivity index (χ0) is 18.7. The Kier molecular flexibility index (Phi) is 5.96. The number of aromatic nitrogens is 2. The minimum Gasteiger partial charge on any atom is -0.411 e. The standard InChI is InChI=1S/C15H21N3O5S2/c1-4-24(19,20)18-13(10-12-8-6-5-7-9-12)14-16-17-15(23-14)25(21,22)11(2)3/h5-9,11,13,18H,4,10H2,1-3H3/t13-/m0/s1. The lowest BCUT2D eigenvalue weighted by atomic mass is 10.1. The summed E-state index contributed by atoms with van der Waals surface area (Å²) in [5, 5.41) is 6.12. The third-order valence-corrected chi connectivity index (χ3v) is 6.87. The van der Waals surface area contributed by atoms with Gasteiger partial charge < -0.3 is 4.42 Å². The molecule has 1 aromatic carbocycles. The van der Waals surface area contributed by atoms with Crippen molar-refractivity contribution in [1.29, 1.82) is 0 Å². The molecule has 1 aromatic heterocycles. The monoisotopic (exact) mass is 387 g/mol. The van der Waals surface area contributed by atoms with Gasteiger partial charge in [-0.05, 0) is 32.8 Å². The fourth-order valence-electron chi connectivity index (χ4n) is 2.01. The van der Waals surface area contributed by atoms with E-state index < -0.39 is 36.4 Å². The van der Waals surface area contributed by atoms with Crippen LogP contribution in [0.2, 0.25) is 0 Å². The number of nitrogens with one attached hydrogen (secondary N) is 1. The predicted molar refractivity (Wildman–Crippen MR) is 92.1 cm³/mol. The molecule has 0 aliphatic rings. The quantitative estimate of drug-likeness (QED) is 0.728. The number of benzene rings is 1. The summed E-state index contributed by atoms with van der Waals surface area (Å²) < 4.78 is 56.0. The van der Waals surface area contributed by atoms with Crippen LogP contribution < -0.4 is 4.72 Å². The lowest BCUT2D eigenvalue weighted by Crippen LogP contribution is -2.31. The molecule has 10 heteroatoms. The second-order valence-corrected chi connectivity index (χ2v) is 10.2. The van der Waals surface area contributed by atoms with Crippen molar-refractivity contribution in [3.63, 3.8) is 0 Å². The lowest BCUT2D eigenvalue weighted by Gasteiger charge is -2.15. The van der Waals surface area contributed by atoms with E-state index in [9.17, 15) is 16.8 Å². The van der Waals surface area contributed by atoms with E-state index in [1.165, 1.54) is 20.8 Å². The number of nitrogens with zero attached hydrogens (tertiary/aromatic N) is 2. The first-order valence-electron chi connectivity index (χ1n) is 7.77. The zero-order valence-corrected chi connectivity index (χ0v) is 15.8. The van der Waals surface area contributed by atoms with Crippen molar-refractivity contribution in [2.75, 3.05) is 5.75 Å². The minimum absolute atomic E-state index is 0.0832. The molecule has 2 aromatic rings. The van der Waals surface area contributed by atoms with Gasteiger partial charge in [-0.25, -0.2) is 21.6 Å². The van der Waals surface area contributed by atoms with Crippen molar-refractivity contribution in [2.45, 2.75) is 43.7 Å². The number of hydrogen-bond acceptors (Lipinski definition) is 7. The molecule has 0 amide bonds. The molecule has 138 valence electrons. The van der Waals surface area contributed by atoms with E-state index in [1.807, 2.05) is 30.3 Å². The molecule has 0 radical (unpaired) electrons. The topological polar surface area (TPSA) is 119 Å². The Morgan fingerprint density at radius 1 is 1.08 bits per heavy atom. The van der Waals surface area contributed by atoms with E-state index in [-0.39, 0.29) is 18.1 Å². The van der Waals surface area contributed by atoms with Crippen molar-refractivity contribution in [1.82, 2.24) is 14.9 Å². The molecule has 0 saturated heterocycles. The van der Waals surface area contributed by atoms with Crippen LogP contribution in [0.3, 0.4) is 0 Å². The van der Waals surface area contributed by atoms with E-state index in [1.54, 1.807) is 0 Å². The van der Waals surface area contributed by atoms with Gasteiger partial charge in [0.15, 0.2) is 0 Å². The van der Waals surface area contributed by atoms with Crippen molar-refractivity contribution < 1.29 is 21.3 Å². The van der Waals surface area contributed by atoms with Gasteiger partial charge in [0.2, 0.25) is 25.8 Å². The molecule has 0 saturated carbocycles. The number of hydrogen-bond donors (Lipinski definition) is 1. The van der Waals surface area contributed by atoms with Crippen molar-refractivity contribution >= 4 is 19.9 Å². The molecular formula is C15H21N3O5S2. The van der Waals surface area contributed by atoms with Crippen LogP contribution in [-0.4, -0.2) is 38.0 Å². The minimum atomic E-state index is -3.73. The summed E-state index contributed by atoms with van der Waals surface area (Å²) in [6, 6.07) is 8.29. The molecule has 0 aliphatic carbocycles. The van der Waals surface area contributed by atoms with Gasteiger partial charge in [-0.2, -0.15) is 0 Å². The summed E-state index contributed by atoms with van der Waals surface area (Å²) in [4.78, 5) is 0. The first-order valence-corrected chi connectivity index (χ1v) is 11.0. The fourth-order valence-corrected chi connectivity index (χ4v) is 3.55. The van der Waals surface area contributed by atoms with Gasteiger partial charge in [0.1, 0.15) is 6.04 Å². The summed E-state index contributed by atoms with van der Waals surface area (Å²) in [7, 11) is -7.29. The smallest absolute Gasteiger partial charge is 0.335 e. The summed E-state index contributed by atoms with van der Waals surface area (Å²) in [5.41, 5.74) is 0.845. The second-order valence-electron chi connectivity index (χ2n) is 5.76. The molecule has 0 unspecified atom stereocenters. The zero-order valence-electron chi connectivity index (χ0n) is 14.2. The van der Waals surface area contributed by atoms with Gasteiger partial charge in [-0.15, -0.1) is 5.10 Å². The van der Waals surface area contributed by atoms with Crippen LogP contribution >= 0.6 is 0 Å². The summed E-state index contributed by atoms with van der Waals surface area (Å²) in [5.74, 6) is -0.205. The molecule has 0 spiro atoms. The Morgan fingerprint density at radius 3 is 2.28 bits per heavy atom. The van der Waals surface area contributed by atoms with Gasteiger partial charge in [0, 0.05) is 0 Å². The predicted octanol–water partition coefficient (Wildman–Crippen LogP) is 1.47. The SMILES string of the molecule is CCS(=O)(=O)N[C@@H](Cc1ccccc1)c1nnc(S(=O)(=O)C(C)C)o1. The third kappa shape index (κ3) is 4.86. The van der Waals surface area contributed by atoms with E-state index in [0.717, 1.165) is 5.56 Å². The molecule has 0 fully saturated rings. The van der Waals surface area contributed by atoms with Crippen LogP contribution in [-0.2, 0) is 26.3 Å². The molecule has 1 N–H and O–H groups in total. The van der Waals surface area contributed by atoms with Crippen molar-refractivity contribution in [3.05, 3.63) is 41.8 Å². The van der Waals surface area contributed by atoms with E-state index in [2.05, 4.69) is 14.9 Å². The third-order valence-electron chi connectivity index (χ3n) is 3.57. The van der Waals surface area contributed by atoms with Gasteiger partial charge >= 0.3 is 5.22 Å². The molecule has 8 nitrogen and oxygen atoms in total. The number of rotatable bonds is 8. The van der Waals surface area contributed by atoms with Gasteiger partial charge in [0.05, 0.1) is 11.0 Å². The highest BCUT2D eigenvalue weighted by atomic mass is 32.2. The average molecular weight is 387 g/mol. The first kappa shape index (κ1) is 19.5. The number of sulfonamides is 1. The second kappa shape index (κ2) is 7.63. The van der Waals surface area contributed by atoms with Crippen molar-refractivity contribution in [3.8, 4) is 0 Å². The Bertz CT molecular complexity index is 906. The number of sulfone groups is 1. The highest BCUT2D eigenvalue weighted by Gasteiger charge is 2.30. The Hall–Kier alpha value is -1.78. The summed E-state index contributed by atoms with van der Waals surface area (Å²) in [6.45, 7) is 4.51. The molecule has 25 heavy (non-hydrogen) atoms. The molecule has 0 bridgehead atoms. The normalized spacial score (nSPS) is 13.9. The van der Waals surface area contributed by atoms with Crippen molar-refractivity contribution in [2.24, 2.45) is 0 Å². The van der Waals surface area contributed by atoms with E-state index in [4.69, 9.17) is 4.42 Å². The molecule has 1 atom stereocenters. The molecule has 0 aliphatic heterocycles. The highest BCUT2D eigenvalue weighted by molar-refractivity contribution is 7.91. The summed E-state index contributed by atoms with van der Waals surface area (Å²) in [6.07, 6.45) is 0.253. The molecule has 1 heterocycles. The van der Waals surface area contributed by atoms with Crippen LogP contribution in [0, 0.1) is 0 Å². The van der Waals surface area contributed by atoms with Crippen LogP contribution in [0.5, 0.6) is 0 Å². The van der Waals surface area contributed by atoms with E-state index >= 15 is 0 Å².